The van der Waals surface area contributed by atoms with Crippen molar-refractivity contribution in [2.75, 3.05) is 13.1 Å². The molecule has 4 nitrogen and oxygen atoms in total. The Kier molecular flexibility index (Phi) is 4.02. The summed E-state index contributed by atoms with van der Waals surface area (Å²) in [5, 5.41) is 3.81. The molecule has 0 radical (unpaired) electrons. The molecule has 92 valence electrons. The maximum absolute atomic E-state index is 10.6. The van der Waals surface area contributed by atoms with Gasteiger partial charge < -0.3 is 5.32 Å². The van der Waals surface area contributed by atoms with Crippen molar-refractivity contribution >= 4 is 23.0 Å². The Bertz CT molecular complexity index is 578. The van der Waals surface area contributed by atoms with E-state index >= 15 is 0 Å². The lowest BCUT2D eigenvalue weighted by Crippen LogP contribution is -2.22. The van der Waals surface area contributed by atoms with Crippen LogP contribution in [-0.2, 0) is 4.79 Å². The van der Waals surface area contributed by atoms with E-state index in [0.717, 1.165) is 16.6 Å². The van der Waals surface area contributed by atoms with Gasteiger partial charge in [-0.25, -0.2) is 4.98 Å². The molecule has 2 aromatic rings. The maximum atomic E-state index is 10.6. The van der Waals surface area contributed by atoms with Gasteiger partial charge in [0.2, 0.25) is 5.91 Å². The van der Waals surface area contributed by atoms with E-state index in [-0.39, 0.29) is 5.91 Å². The summed E-state index contributed by atoms with van der Waals surface area (Å²) in [7, 11) is 0. The number of nitrogens with zero attached hydrogens (tertiary/aromatic N) is 2. The first kappa shape index (κ1) is 12.2. The Morgan fingerprint density at radius 2 is 2.17 bits per heavy atom. The van der Waals surface area contributed by atoms with Crippen LogP contribution in [0, 0.1) is 0 Å². The fourth-order valence-corrected chi connectivity index (χ4v) is 1.61. The number of rotatable bonds is 4. The van der Waals surface area contributed by atoms with Crippen LogP contribution in [0.25, 0.3) is 10.9 Å². The normalized spacial score (nSPS) is 10.9. The molecule has 2 rings (SSSR count). The number of aliphatic imine (C=N–C) groups is 1. The molecular weight excluding hydrogens is 226 g/mol. The summed E-state index contributed by atoms with van der Waals surface area (Å²) in [6, 6.07) is 11.9. The van der Waals surface area contributed by atoms with Gasteiger partial charge in [-0.15, -0.1) is 0 Å². The van der Waals surface area contributed by atoms with Crippen LogP contribution in [0.2, 0.25) is 0 Å². The average molecular weight is 241 g/mol. The lowest BCUT2D eigenvalue weighted by molar-refractivity contribution is -0.118. The number of carbonyl (C=O) groups excluding carboxylic acids is 1. The van der Waals surface area contributed by atoms with Crippen molar-refractivity contribution < 1.29 is 4.79 Å². The van der Waals surface area contributed by atoms with Gasteiger partial charge >= 0.3 is 0 Å². The molecule has 1 aromatic carbocycles. The number of amides is 1. The summed E-state index contributed by atoms with van der Waals surface area (Å²) in [6.07, 6.45) is 1.73. The monoisotopic (exact) mass is 241 g/mol. The largest absolute Gasteiger partial charge is 0.354 e. The summed E-state index contributed by atoms with van der Waals surface area (Å²) in [4.78, 5) is 19.3. The fraction of sp³-hybridized carbons (Fsp3) is 0.214. The SMILES string of the molecule is CC(=O)NCCN=Cc1ccc2ccccc2n1. The maximum Gasteiger partial charge on any atom is 0.216 e. The molecule has 0 bridgehead atoms. The topological polar surface area (TPSA) is 54.4 Å². The van der Waals surface area contributed by atoms with Crippen LogP contribution in [0.15, 0.2) is 41.4 Å². The highest BCUT2D eigenvalue weighted by Crippen LogP contribution is 2.10. The van der Waals surface area contributed by atoms with Crippen molar-refractivity contribution in [1.29, 1.82) is 0 Å². The van der Waals surface area contributed by atoms with E-state index in [1.807, 2.05) is 36.4 Å². The number of para-hydroxylation sites is 1. The van der Waals surface area contributed by atoms with E-state index in [2.05, 4.69) is 15.3 Å². The lowest BCUT2D eigenvalue weighted by Gasteiger charge is -1.99. The number of carbonyl (C=O) groups is 1. The van der Waals surface area contributed by atoms with Gasteiger partial charge in [0, 0.05) is 25.1 Å². The van der Waals surface area contributed by atoms with Crippen molar-refractivity contribution in [1.82, 2.24) is 10.3 Å². The van der Waals surface area contributed by atoms with Gasteiger partial charge in [0.15, 0.2) is 0 Å². The number of aromatic nitrogens is 1. The fourth-order valence-electron chi connectivity index (χ4n) is 1.61. The summed E-state index contributed by atoms with van der Waals surface area (Å²) in [5.41, 5.74) is 1.79. The van der Waals surface area contributed by atoms with Gasteiger partial charge in [-0.1, -0.05) is 24.3 Å². The third-order valence-electron chi connectivity index (χ3n) is 2.46. The van der Waals surface area contributed by atoms with Crippen LogP contribution in [0.4, 0.5) is 0 Å². The number of hydrogen-bond acceptors (Lipinski definition) is 3. The van der Waals surface area contributed by atoms with Gasteiger partial charge in [0.25, 0.3) is 0 Å². The van der Waals surface area contributed by atoms with E-state index < -0.39 is 0 Å². The minimum Gasteiger partial charge on any atom is -0.354 e. The molecule has 0 spiro atoms. The molecule has 0 aliphatic heterocycles. The molecule has 0 atom stereocenters. The molecule has 1 amide bonds. The van der Waals surface area contributed by atoms with Gasteiger partial charge in [-0.05, 0) is 12.1 Å². The van der Waals surface area contributed by atoms with E-state index in [4.69, 9.17) is 0 Å². The Morgan fingerprint density at radius 1 is 1.33 bits per heavy atom. The summed E-state index contributed by atoms with van der Waals surface area (Å²) < 4.78 is 0. The van der Waals surface area contributed by atoms with E-state index in [9.17, 15) is 4.79 Å². The molecule has 1 aromatic heterocycles. The lowest BCUT2D eigenvalue weighted by atomic mass is 10.2. The zero-order valence-corrected chi connectivity index (χ0v) is 10.3. The van der Waals surface area contributed by atoms with Crippen LogP contribution < -0.4 is 5.32 Å². The van der Waals surface area contributed by atoms with Crippen molar-refractivity contribution in [3.63, 3.8) is 0 Å². The number of fused-ring (bicyclic) bond motifs is 1. The molecular formula is C14H15N3O. The van der Waals surface area contributed by atoms with Crippen LogP contribution in [0.3, 0.4) is 0 Å². The molecule has 0 saturated carbocycles. The predicted molar refractivity (Wildman–Crippen MR) is 72.9 cm³/mol. The van der Waals surface area contributed by atoms with E-state index in [1.54, 1.807) is 6.21 Å². The van der Waals surface area contributed by atoms with Gasteiger partial charge in [0.1, 0.15) is 0 Å². The highest BCUT2D eigenvalue weighted by molar-refractivity contribution is 5.85. The second-order valence-electron chi connectivity index (χ2n) is 3.95. The van der Waals surface area contributed by atoms with Crippen LogP contribution in [-0.4, -0.2) is 30.2 Å². The van der Waals surface area contributed by atoms with Gasteiger partial charge in [-0.3, -0.25) is 9.79 Å². The van der Waals surface area contributed by atoms with Crippen molar-refractivity contribution in [3.8, 4) is 0 Å². The molecule has 0 unspecified atom stereocenters. The van der Waals surface area contributed by atoms with Gasteiger partial charge in [-0.2, -0.15) is 0 Å². The second-order valence-corrected chi connectivity index (χ2v) is 3.95. The molecule has 4 heteroatoms. The first-order valence-electron chi connectivity index (χ1n) is 5.86. The minimum absolute atomic E-state index is 0.0333. The highest BCUT2D eigenvalue weighted by atomic mass is 16.1. The predicted octanol–water partition coefficient (Wildman–Crippen LogP) is 1.79. The smallest absolute Gasteiger partial charge is 0.216 e. The van der Waals surface area contributed by atoms with Crippen LogP contribution >= 0.6 is 0 Å². The Hall–Kier alpha value is -2.23. The quantitative estimate of drug-likeness (QED) is 0.655. The molecule has 0 aliphatic rings. The van der Waals surface area contributed by atoms with E-state index in [1.165, 1.54) is 6.92 Å². The molecule has 0 aliphatic carbocycles. The van der Waals surface area contributed by atoms with Gasteiger partial charge in [0.05, 0.1) is 17.8 Å². The molecule has 1 heterocycles. The first-order valence-corrected chi connectivity index (χ1v) is 5.86. The molecule has 18 heavy (non-hydrogen) atoms. The average Bonchev–Trinajstić information content (AvgIpc) is 2.38. The van der Waals surface area contributed by atoms with Crippen LogP contribution in [0.1, 0.15) is 12.6 Å². The standard InChI is InChI=1S/C14H15N3O/c1-11(18)16-9-8-15-10-13-7-6-12-4-2-3-5-14(12)17-13/h2-7,10H,8-9H2,1H3,(H,16,18). The Balaban J connectivity index is 1.99. The highest BCUT2D eigenvalue weighted by Gasteiger charge is 1.94. The second kappa shape index (κ2) is 5.91. The molecule has 1 N–H and O–H groups in total. The summed E-state index contributed by atoms with van der Waals surface area (Å²) >= 11 is 0. The van der Waals surface area contributed by atoms with Crippen molar-refractivity contribution in [3.05, 3.63) is 42.1 Å². The van der Waals surface area contributed by atoms with E-state index in [0.29, 0.717) is 13.1 Å². The molecule has 0 saturated heterocycles. The van der Waals surface area contributed by atoms with Crippen molar-refractivity contribution in [2.45, 2.75) is 6.92 Å². The number of hydrogen-bond donors (Lipinski definition) is 1. The summed E-state index contributed by atoms with van der Waals surface area (Å²) in [6.45, 7) is 2.61. The Labute approximate surface area is 106 Å². The number of pyridine rings is 1. The number of benzene rings is 1. The first-order chi connectivity index (χ1) is 8.75. The third kappa shape index (κ3) is 3.38. The van der Waals surface area contributed by atoms with Crippen LogP contribution in [0.5, 0.6) is 0 Å². The number of nitrogens with one attached hydrogen (secondary N) is 1. The zero-order valence-electron chi connectivity index (χ0n) is 10.3. The van der Waals surface area contributed by atoms with Crippen molar-refractivity contribution in [2.24, 2.45) is 4.99 Å². The third-order valence-corrected chi connectivity index (χ3v) is 2.46. The Morgan fingerprint density at radius 3 is 3.00 bits per heavy atom. The molecule has 0 fully saturated rings. The zero-order chi connectivity index (χ0) is 12.8. The summed E-state index contributed by atoms with van der Waals surface area (Å²) in [5.74, 6) is -0.0333. The minimum atomic E-state index is -0.0333.